The summed E-state index contributed by atoms with van der Waals surface area (Å²) in [5.41, 5.74) is 1.99. The molecule has 0 bridgehead atoms. The van der Waals surface area contributed by atoms with E-state index in [1.165, 1.54) is 6.20 Å². The number of hydrogen-bond donors (Lipinski definition) is 0. The molecule has 0 spiro atoms. The summed E-state index contributed by atoms with van der Waals surface area (Å²) in [7, 11) is 0. The third-order valence-corrected chi connectivity index (χ3v) is 4.13. The van der Waals surface area contributed by atoms with Crippen LogP contribution >= 0.6 is 0 Å². The standard InChI is InChI=1S/C17H14F3N5O/c18-17(19,20)16-21-8-12-9-25(7-6-13(12)22-16)10-14-23-15(24-26-14)11-4-2-1-3-5-11/h1-5,8H,6-7,9-10H2. The van der Waals surface area contributed by atoms with Crippen LogP contribution in [0.3, 0.4) is 0 Å². The summed E-state index contributed by atoms with van der Waals surface area (Å²) in [6.45, 7) is 1.42. The lowest BCUT2D eigenvalue weighted by molar-refractivity contribution is -0.145. The lowest BCUT2D eigenvalue weighted by atomic mass is 10.1. The monoisotopic (exact) mass is 361 g/mol. The van der Waals surface area contributed by atoms with E-state index in [-0.39, 0.29) is 0 Å². The fraction of sp³-hybridized carbons (Fsp3) is 0.294. The van der Waals surface area contributed by atoms with E-state index in [1.54, 1.807) is 0 Å². The minimum atomic E-state index is -4.52. The van der Waals surface area contributed by atoms with E-state index in [1.807, 2.05) is 35.2 Å². The smallest absolute Gasteiger partial charge is 0.338 e. The van der Waals surface area contributed by atoms with Crippen molar-refractivity contribution in [1.29, 1.82) is 0 Å². The highest BCUT2D eigenvalue weighted by Crippen LogP contribution is 2.28. The molecule has 9 heteroatoms. The predicted octanol–water partition coefficient (Wildman–Crippen LogP) is 3.10. The normalized spacial score (nSPS) is 15.0. The van der Waals surface area contributed by atoms with Crippen LogP contribution in [-0.4, -0.2) is 31.6 Å². The lowest BCUT2D eigenvalue weighted by Crippen LogP contribution is -2.31. The van der Waals surface area contributed by atoms with Gasteiger partial charge in [-0.3, -0.25) is 4.90 Å². The highest BCUT2D eigenvalue weighted by molar-refractivity contribution is 5.53. The maximum Gasteiger partial charge on any atom is 0.451 e. The molecule has 0 amide bonds. The largest absolute Gasteiger partial charge is 0.451 e. The number of aromatic nitrogens is 4. The second-order valence-corrected chi connectivity index (χ2v) is 6.00. The Morgan fingerprint density at radius 3 is 2.69 bits per heavy atom. The Kier molecular flexibility index (Phi) is 4.15. The SMILES string of the molecule is FC(F)(F)c1ncc2c(n1)CCN(Cc1nc(-c3ccccc3)no1)C2. The molecular formula is C17H14F3N5O. The summed E-state index contributed by atoms with van der Waals surface area (Å²) in [4.78, 5) is 13.5. The van der Waals surface area contributed by atoms with E-state index in [9.17, 15) is 13.2 Å². The molecule has 26 heavy (non-hydrogen) atoms. The lowest BCUT2D eigenvalue weighted by Gasteiger charge is -2.26. The molecule has 0 aliphatic carbocycles. The van der Waals surface area contributed by atoms with Crippen molar-refractivity contribution in [3.63, 3.8) is 0 Å². The second kappa shape index (κ2) is 6.49. The maximum atomic E-state index is 12.7. The van der Waals surface area contributed by atoms with E-state index in [2.05, 4.69) is 20.1 Å². The van der Waals surface area contributed by atoms with Crippen LogP contribution in [0.2, 0.25) is 0 Å². The number of fused-ring (bicyclic) bond motifs is 1. The molecule has 0 saturated carbocycles. The second-order valence-electron chi connectivity index (χ2n) is 6.00. The molecule has 6 nitrogen and oxygen atoms in total. The van der Waals surface area contributed by atoms with Gasteiger partial charge in [0.05, 0.1) is 12.2 Å². The fourth-order valence-electron chi connectivity index (χ4n) is 2.86. The molecule has 134 valence electrons. The van der Waals surface area contributed by atoms with Gasteiger partial charge in [-0.1, -0.05) is 35.5 Å². The number of halogens is 3. The van der Waals surface area contributed by atoms with E-state index in [4.69, 9.17) is 4.52 Å². The van der Waals surface area contributed by atoms with Crippen molar-refractivity contribution in [2.45, 2.75) is 25.7 Å². The molecule has 3 aromatic rings. The molecule has 1 aliphatic heterocycles. The van der Waals surface area contributed by atoms with Crippen LogP contribution in [0.4, 0.5) is 13.2 Å². The molecule has 0 radical (unpaired) electrons. The van der Waals surface area contributed by atoms with Crippen molar-refractivity contribution in [1.82, 2.24) is 25.0 Å². The molecule has 1 aliphatic rings. The summed E-state index contributed by atoms with van der Waals surface area (Å²) < 4.78 is 43.4. The summed E-state index contributed by atoms with van der Waals surface area (Å²) in [6.07, 6.45) is -2.86. The van der Waals surface area contributed by atoms with Gasteiger partial charge in [0.25, 0.3) is 0 Å². The topological polar surface area (TPSA) is 67.9 Å². The van der Waals surface area contributed by atoms with Crippen molar-refractivity contribution in [3.05, 3.63) is 59.5 Å². The van der Waals surface area contributed by atoms with Gasteiger partial charge in [-0.15, -0.1) is 0 Å². The quantitative estimate of drug-likeness (QED) is 0.714. The van der Waals surface area contributed by atoms with Gasteiger partial charge >= 0.3 is 6.18 Å². The summed E-state index contributed by atoms with van der Waals surface area (Å²) in [6, 6.07) is 9.47. The first-order chi connectivity index (χ1) is 12.5. The van der Waals surface area contributed by atoms with E-state index in [0.29, 0.717) is 49.0 Å². The molecule has 0 saturated heterocycles. The maximum absolute atomic E-state index is 12.7. The minimum Gasteiger partial charge on any atom is -0.338 e. The predicted molar refractivity (Wildman–Crippen MR) is 84.6 cm³/mol. The summed E-state index contributed by atoms with van der Waals surface area (Å²) in [5, 5.41) is 3.97. The average molecular weight is 361 g/mol. The van der Waals surface area contributed by atoms with Gasteiger partial charge < -0.3 is 4.52 Å². The van der Waals surface area contributed by atoms with Crippen molar-refractivity contribution in [3.8, 4) is 11.4 Å². The van der Waals surface area contributed by atoms with Gasteiger partial charge in [-0.2, -0.15) is 18.2 Å². The molecule has 0 unspecified atom stereocenters. The van der Waals surface area contributed by atoms with Crippen molar-refractivity contribution < 1.29 is 17.7 Å². The van der Waals surface area contributed by atoms with Crippen LogP contribution in [0.25, 0.3) is 11.4 Å². The van der Waals surface area contributed by atoms with Crippen LogP contribution in [-0.2, 0) is 25.7 Å². The number of nitrogens with zero attached hydrogens (tertiary/aromatic N) is 5. The molecule has 0 atom stereocenters. The Bertz CT molecular complexity index is 910. The van der Waals surface area contributed by atoms with Gasteiger partial charge in [-0.05, 0) is 0 Å². The third kappa shape index (κ3) is 3.43. The van der Waals surface area contributed by atoms with E-state index >= 15 is 0 Å². The zero-order valence-corrected chi connectivity index (χ0v) is 13.6. The number of benzene rings is 1. The number of rotatable bonds is 3. The molecule has 2 aromatic heterocycles. The Morgan fingerprint density at radius 1 is 1.12 bits per heavy atom. The van der Waals surface area contributed by atoms with Gasteiger partial charge in [0.2, 0.25) is 17.5 Å². The zero-order chi connectivity index (χ0) is 18.1. The average Bonchev–Trinajstić information content (AvgIpc) is 3.10. The Hall–Kier alpha value is -2.81. The molecule has 0 fully saturated rings. The van der Waals surface area contributed by atoms with Crippen LogP contribution in [0.5, 0.6) is 0 Å². The molecule has 3 heterocycles. The van der Waals surface area contributed by atoms with Crippen LogP contribution in [0.15, 0.2) is 41.1 Å². The van der Waals surface area contributed by atoms with Crippen molar-refractivity contribution >= 4 is 0 Å². The van der Waals surface area contributed by atoms with Gasteiger partial charge in [0, 0.05) is 36.8 Å². The fourth-order valence-corrected chi connectivity index (χ4v) is 2.86. The number of alkyl halides is 3. The van der Waals surface area contributed by atoms with Gasteiger partial charge in [-0.25, -0.2) is 9.97 Å². The Balaban J connectivity index is 1.46. The van der Waals surface area contributed by atoms with E-state index in [0.717, 1.165) is 5.56 Å². The zero-order valence-electron chi connectivity index (χ0n) is 13.6. The van der Waals surface area contributed by atoms with Crippen molar-refractivity contribution in [2.75, 3.05) is 6.54 Å². The first-order valence-electron chi connectivity index (χ1n) is 8.01. The van der Waals surface area contributed by atoms with Gasteiger partial charge in [0.15, 0.2) is 0 Å². The molecular weight excluding hydrogens is 347 g/mol. The Labute approximate surface area is 146 Å². The first kappa shape index (κ1) is 16.6. The first-order valence-corrected chi connectivity index (χ1v) is 8.01. The number of hydrogen-bond acceptors (Lipinski definition) is 6. The van der Waals surface area contributed by atoms with Crippen LogP contribution in [0, 0.1) is 0 Å². The minimum absolute atomic E-state index is 0.417. The molecule has 1 aromatic carbocycles. The van der Waals surface area contributed by atoms with Crippen LogP contribution in [0.1, 0.15) is 23.0 Å². The summed E-state index contributed by atoms with van der Waals surface area (Å²) in [5.74, 6) is -0.120. The van der Waals surface area contributed by atoms with Crippen LogP contribution < -0.4 is 0 Å². The molecule has 0 N–H and O–H groups in total. The Morgan fingerprint density at radius 2 is 1.92 bits per heavy atom. The highest BCUT2D eigenvalue weighted by atomic mass is 19.4. The molecule has 4 rings (SSSR count). The van der Waals surface area contributed by atoms with E-state index < -0.39 is 12.0 Å². The third-order valence-electron chi connectivity index (χ3n) is 4.13. The van der Waals surface area contributed by atoms with Crippen molar-refractivity contribution in [2.24, 2.45) is 0 Å². The summed E-state index contributed by atoms with van der Waals surface area (Å²) >= 11 is 0. The highest BCUT2D eigenvalue weighted by Gasteiger charge is 2.35. The van der Waals surface area contributed by atoms with Gasteiger partial charge in [0.1, 0.15) is 0 Å².